The number of hydrogen-bond donors (Lipinski definition) is 2. The SMILES string of the molecule is COC(=O)c1ccc(NC(=O)CSc2nc3ncc(Cl)cc3[nH]2)cc1. The van der Waals surface area contributed by atoms with Gasteiger partial charge < -0.3 is 15.0 Å². The van der Waals surface area contributed by atoms with Gasteiger partial charge in [-0.1, -0.05) is 23.4 Å². The highest BCUT2D eigenvalue weighted by molar-refractivity contribution is 7.99. The first-order valence-corrected chi connectivity index (χ1v) is 8.54. The van der Waals surface area contributed by atoms with E-state index < -0.39 is 5.97 Å². The van der Waals surface area contributed by atoms with Gasteiger partial charge in [0.25, 0.3) is 0 Å². The summed E-state index contributed by atoms with van der Waals surface area (Å²) in [7, 11) is 1.32. The molecule has 0 saturated carbocycles. The molecule has 0 bridgehead atoms. The standard InChI is InChI=1S/C16H13ClN4O3S/c1-24-15(23)9-2-4-11(5-3-9)19-13(22)8-25-16-20-12-6-10(17)7-18-14(12)21-16/h2-7H,8H2,1H3,(H,19,22)(H,18,20,21). The van der Waals surface area contributed by atoms with Crippen LogP contribution in [0.5, 0.6) is 0 Å². The first kappa shape index (κ1) is 17.2. The summed E-state index contributed by atoms with van der Waals surface area (Å²) >= 11 is 7.13. The predicted molar refractivity (Wildman–Crippen MR) is 96.0 cm³/mol. The van der Waals surface area contributed by atoms with Crippen molar-refractivity contribution >= 4 is 52.1 Å². The molecule has 2 N–H and O–H groups in total. The second-order valence-electron chi connectivity index (χ2n) is 4.97. The quantitative estimate of drug-likeness (QED) is 0.524. The number of hydrogen-bond acceptors (Lipinski definition) is 6. The van der Waals surface area contributed by atoms with Gasteiger partial charge in [-0.25, -0.2) is 14.8 Å². The number of aromatic amines is 1. The Balaban J connectivity index is 1.57. The van der Waals surface area contributed by atoms with E-state index in [2.05, 4.69) is 25.0 Å². The minimum Gasteiger partial charge on any atom is -0.465 e. The van der Waals surface area contributed by atoms with Crippen LogP contribution in [0.2, 0.25) is 5.02 Å². The summed E-state index contributed by atoms with van der Waals surface area (Å²) in [6, 6.07) is 8.18. The number of ether oxygens (including phenoxy) is 1. The van der Waals surface area contributed by atoms with E-state index in [1.54, 1.807) is 30.3 Å². The van der Waals surface area contributed by atoms with Crippen molar-refractivity contribution in [3.8, 4) is 0 Å². The van der Waals surface area contributed by atoms with E-state index in [4.69, 9.17) is 11.6 Å². The second kappa shape index (κ2) is 7.54. The van der Waals surface area contributed by atoms with Crippen LogP contribution in [0, 0.1) is 0 Å². The molecule has 0 saturated heterocycles. The summed E-state index contributed by atoms with van der Waals surface area (Å²) in [5, 5.41) is 3.85. The number of imidazole rings is 1. The molecule has 0 radical (unpaired) electrons. The highest BCUT2D eigenvalue weighted by Crippen LogP contribution is 2.20. The van der Waals surface area contributed by atoms with Crippen LogP contribution in [0.3, 0.4) is 0 Å². The lowest BCUT2D eigenvalue weighted by atomic mass is 10.2. The third kappa shape index (κ3) is 4.28. The number of amides is 1. The Hall–Kier alpha value is -2.58. The van der Waals surface area contributed by atoms with Crippen molar-refractivity contribution in [2.45, 2.75) is 5.16 Å². The Morgan fingerprint density at radius 2 is 2.08 bits per heavy atom. The highest BCUT2D eigenvalue weighted by atomic mass is 35.5. The number of esters is 1. The Morgan fingerprint density at radius 1 is 1.32 bits per heavy atom. The summed E-state index contributed by atoms with van der Waals surface area (Å²) in [6.45, 7) is 0. The van der Waals surface area contributed by atoms with Crippen LogP contribution >= 0.6 is 23.4 Å². The molecule has 2 heterocycles. The lowest BCUT2D eigenvalue weighted by Gasteiger charge is -2.05. The number of carbonyl (C=O) groups is 2. The molecule has 128 valence electrons. The molecule has 7 nitrogen and oxygen atoms in total. The largest absolute Gasteiger partial charge is 0.465 e. The number of rotatable bonds is 5. The second-order valence-corrected chi connectivity index (χ2v) is 6.37. The summed E-state index contributed by atoms with van der Waals surface area (Å²) in [4.78, 5) is 34.8. The molecule has 0 aliphatic carbocycles. The van der Waals surface area contributed by atoms with Gasteiger partial charge in [0.1, 0.15) is 0 Å². The number of pyridine rings is 1. The zero-order valence-electron chi connectivity index (χ0n) is 13.1. The molecule has 25 heavy (non-hydrogen) atoms. The van der Waals surface area contributed by atoms with Crippen LogP contribution in [-0.2, 0) is 9.53 Å². The van der Waals surface area contributed by atoms with E-state index in [0.717, 1.165) is 0 Å². The van der Waals surface area contributed by atoms with Crippen LogP contribution in [0.4, 0.5) is 5.69 Å². The molecular weight excluding hydrogens is 364 g/mol. The minimum absolute atomic E-state index is 0.173. The number of halogens is 1. The van der Waals surface area contributed by atoms with Gasteiger partial charge in [0.2, 0.25) is 5.91 Å². The number of aromatic nitrogens is 3. The molecule has 0 unspecified atom stereocenters. The van der Waals surface area contributed by atoms with Crippen molar-refractivity contribution in [2.24, 2.45) is 0 Å². The molecule has 3 aromatic rings. The maximum Gasteiger partial charge on any atom is 0.337 e. The van der Waals surface area contributed by atoms with Gasteiger partial charge in [0.05, 0.1) is 29.0 Å². The molecule has 3 rings (SSSR count). The van der Waals surface area contributed by atoms with E-state index >= 15 is 0 Å². The topological polar surface area (TPSA) is 97.0 Å². The van der Waals surface area contributed by atoms with Crippen molar-refractivity contribution in [3.05, 3.63) is 47.1 Å². The van der Waals surface area contributed by atoms with E-state index in [1.165, 1.54) is 25.1 Å². The van der Waals surface area contributed by atoms with E-state index in [9.17, 15) is 9.59 Å². The van der Waals surface area contributed by atoms with Gasteiger partial charge in [-0.3, -0.25) is 4.79 Å². The summed E-state index contributed by atoms with van der Waals surface area (Å²) in [6.07, 6.45) is 1.52. The monoisotopic (exact) mass is 376 g/mol. The smallest absolute Gasteiger partial charge is 0.337 e. The zero-order valence-corrected chi connectivity index (χ0v) is 14.6. The molecule has 0 aliphatic rings. The first-order chi connectivity index (χ1) is 12.0. The number of methoxy groups -OCH3 is 1. The van der Waals surface area contributed by atoms with Crippen molar-refractivity contribution in [1.29, 1.82) is 0 Å². The third-order valence-electron chi connectivity index (χ3n) is 3.21. The number of carbonyl (C=O) groups excluding carboxylic acids is 2. The number of H-pyrrole nitrogens is 1. The lowest BCUT2D eigenvalue weighted by molar-refractivity contribution is -0.113. The van der Waals surface area contributed by atoms with Crippen molar-refractivity contribution in [1.82, 2.24) is 15.0 Å². The number of anilines is 1. The fourth-order valence-electron chi connectivity index (χ4n) is 2.06. The molecule has 1 amide bonds. The Labute approximate surface area is 152 Å². The van der Waals surface area contributed by atoms with Crippen LogP contribution in [0.25, 0.3) is 11.2 Å². The third-order valence-corrected chi connectivity index (χ3v) is 4.29. The van der Waals surface area contributed by atoms with Gasteiger partial charge in [0, 0.05) is 11.9 Å². The number of nitrogens with one attached hydrogen (secondary N) is 2. The first-order valence-electron chi connectivity index (χ1n) is 7.17. The van der Waals surface area contributed by atoms with Crippen LogP contribution < -0.4 is 5.32 Å². The number of fused-ring (bicyclic) bond motifs is 1. The fraction of sp³-hybridized carbons (Fsp3) is 0.125. The lowest BCUT2D eigenvalue weighted by Crippen LogP contribution is -2.14. The van der Waals surface area contributed by atoms with Crippen molar-refractivity contribution in [3.63, 3.8) is 0 Å². The molecule has 0 atom stereocenters. The van der Waals surface area contributed by atoms with Gasteiger partial charge >= 0.3 is 5.97 Å². The molecular formula is C16H13ClN4O3S. The molecule has 2 aromatic heterocycles. The maximum atomic E-state index is 12.0. The predicted octanol–water partition coefficient (Wildman–Crippen LogP) is 3.13. The highest BCUT2D eigenvalue weighted by Gasteiger charge is 2.09. The van der Waals surface area contributed by atoms with Gasteiger partial charge in [-0.15, -0.1) is 0 Å². The molecule has 0 fully saturated rings. The number of benzene rings is 1. The van der Waals surface area contributed by atoms with Gasteiger partial charge in [0.15, 0.2) is 10.8 Å². The average Bonchev–Trinajstić information content (AvgIpc) is 3.02. The average molecular weight is 377 g/mol. The molecule has 0 aliphatic heterocycles. The Morgan fingerprint density at radius 3 is 2.80 bits per heavy atom. The summed E-state index contributed by atoms with van der Waals surface area (Å²) in [5.74, 6) is -0.443. The van der Waals surface area contributed by atoms with E-state index in [-0.39, 0.29) is 11.7 Å². The Kier molecular flexibility index (Phi) is 5.20. The molecule has 0 spiro atoms. The summed E-state index contributed by atoms with van der Waals surface area (Å²) in [5.41, 5.74) is 2.28. The molecule has 1 aromatic carbocycles. The van der Waals surface area contributed by atoms with E-state index in [1.807, 2.05) is 0 Å². The van der Waals surface area contributed by atoms with Crippen molar-refractivity contribution in [2.75, 3.05) is 18.2 Å². The van der Waals surface area contributed by atoms with Crippen LogP contribution in [0.15, 0.2) is 41.7 Å². The minimum atomic E-state index is -0.424. The Bertz CT molecular complexity index is 927. The van der Waals surface area contributed by atoms with Crippen molar-refractivity contribution < 1.29 is 14.3 Å². The number of nitrogens with zero attached hydrogens (tertiary/aromatic N) is 2. The zero-order chi connectivity index (χ0) is 17.8. The van der Waals surface area contributed by atoms with Gasteiger partial charge in [-0.05, 0) is 30.3 Å². The normalized spacial score (nSPS) is 10.6. The fourth-order valence-corrected chi connectivity index (χ4v) is 2.89. The number of thioether (sulfide) groups is 1. The maximum absolute atomic E-state index is 12.0. The van der Waals surface area contributed by atoms with Crippen LogP contribution in [0.1, 0.15) is 10.4 Å². The van der Waals surface area contributed by atoms with Gasteiger partial charge in [-0.2, -0.15) is 0 Å². The van der Waals surface area contributed by atoms with E-state index in [0.29, 0.717) is 32.6 Å². The van der Waals surface area contributed by atoms with Crippen LogP contribution in [-0.4, -0.2) is 39.7 Å². The molecule has 9 heteroatoms. The summed E-state index contributed by atoms with van der Waals surface area (Å²) < 4.78 is 4.62.